The number of fused-ring (bicyclic) bond motifs is 1. The number of carbonyl (C=O) groups is 1. The summed E-state index contributed by atoms with van der Waals surface area (Å²) in [5, 5.41) is 0. The van der Waals surface area contributed by atoms with Crippen LogP contribution in [-0.4, -0.2) is 5.97 Å². The molecule has 0 aromatic heterocycles. The zero-order valence-electron chi connectivity index (χ0n) is 12.9. The van der Waals surface area contributed by atoms with Crippen molar-refractivity contribution in [2.45, 2.75) is 60.3 Å². The lowest BCUT2D eigenvalue weighted by atomic mass is 9.63. The summed E-state index contributed by atoms with van der Waals surface area (Å²) in [7, 11) is 0. The first kappa shape index (κ1) is 14.4. The van der Waals surface area contributed by atoms with Crippen LogP contribution in [0.1, 0.15) is 60.3 Å². The largest absolute Gasteiger partial charge is 0.431 e. The molecule has 2 aliphatic rings. The molecular formula is C17H26O2. The van der Waals surface area contributed by atoms with Gasteiger partial charge < -0.3 is 4.74 Å². The smallest absolute Gasteiger partial charge is 0.307 e. The summed E-state index contributed by atoms with van der Waals surface area (Å²) in [6, 6.07) is 0. The Morgan fingerprint density at radius 3 is 2.68 bits per heavy atom. The van der Waals surface area contributed by atoms with Crippen molar-refractivity contribution in [1.29, 1.82) is 0 Å². The highest BCUT2D eigenvalue weighted by Crippen LogP contribution is 2.51. The Kier molecular flexibility index (Phi) is 3.89. The van der Waals surface area contributed by atoms with Crippen molar-refractivity contribution in [2.24, 2.45) is 17.3 Å². The van der Waals surface area contributed by atoms with E-state index in [0.717, 1.165) is 18.6 Å². The molecule has 106 valence electrons. The molecule has 2 nitrogen and oxygen atoms in total. The Balaban J connectivity index is 2.37. The lowest BCUT2D eigenvalue weighted by Crippen LogP contribution is -2.31. The number of ether oxygens (including phenoxy) is 1. The fraction of sp³-hybridized carbons (Fsp3) is 0.706. The minimum absolute atomic E-state index is 0.199. The maximum absolute atomic E-state index is 11.2. The van der Waals surface area contributed by atoms with Crippen molar-refractivity contribution < 1.29 is 9.53 Å². The quantitative estimate of drug-likeness (QED) is 0.679. The molecule has 0 spiro atoms. The summed E-state index contributed by atoms with van der Waals surface area (Å²) in [6.45, 7) is 10.5. The molecule has 0 unspecified atom stereocenters. The van der Waals surface area contributed by atoms with E-state index in [1.807, 2.05) is 0 Å². The lowest BCUT2D eigenvalue weighted by molar-refractivity contribution is -0.137. The van der Waals surface area contributed by atoms with E-state index in [1.165, 1.54) is 30.9 Å². The zero-order valence-corrected chi connectivity index (χ0v) is 12.9. The summed E-state index contributed by atoms with van der Waals surface area (Å²) in [6.07, 6.45) is 6.99. The van der Waals surface area contributed by atoms with Gasteiger partial charge in [-0.25, -0.2) is 0 Å². The van der Waals surface area contributed by atoms with Crippen LogP contribution in [0.5, 0.6) is 0 Å². The van der Waals surface area contributed by atoms with Gasteiger partial charge in [0.2, 0.25) is 0 Å². The van der Waals surface area contributed by atoms with Crippen molar-refractivity contribution in [2.75, 3.05) is 0 Å². The summed E-state index contributed by atoms with van der Waals surface area (Å²) in [5.41, 5.74) is 2.92. The van der Waals surface area contributed by atoms with E-state index in [1.54, 1.807) is 0 Å². The molecule has 0 bridgehead atoms. The molecule has 0 saturated heterocycles. The van der Waals surface area contributed by atoms with Crippen LogP contribution >= 0.6 is 0 Å². The van der Waals surface area contributed by atoms with Crippen molar-refractivity contribution in [3.8, 4) is 0 Å². The third-order valence-corrected chi connectivity index (χ3v) is 4.91. The Morgan fingerprint density at radius 2 is 2.11 bits per heavy atom. The molecule has 0 radical (unpaired) electrons. The van der Waals surface area contributed by atoms with Gasteiger partial charge in [-0.3, -0.25) is 4.79 Å². The average molecular weight is 262 g/mol. The second kappa shape index (κ2) is 5.15. The van der Waals surface area contributed by atoms with Crippen LogP contribution < -0.4 is 0 Å². The van der Waals surface area contributed by atoms with E-state index in [4.69, 9.17) is 4.74 Å². The van der Waals surface area contributed by atoms with Crippen molar-refractivity contribution in [1.82, 2.24) is 0 Å². The Hall–Kier alpha value is -1.05. The molecule has 0 N–H and O–H groups in total. The van der Waals surface area contributed by atoms with Crippen molar-refractivity contribution in [3.63, 3.8) is 0 Å². The van der Waals surface area contributed by atoms with Gasteiger partial charge in [0.1, 0.15) is 5.76 Å². The van der Waals surface area contributed by atoms with Crippen LogP contribution in [0.25, 0.3) is 0 Å². The standard InChI is InChI=1S/C17H26O2/c1-11(2)14-6-8-17(5)9-7-16(19-13(4)18)12(3)15(17)10-14/h10-11,14H,6-9H2,1-5H3/t14-,17+/m1/s1. The van der Waals surface area contributed by atoms with Gasteiger partial charge in [0.25, 0.3) is 0 Å². The topological polar surface area (TPSA) is 26.3 Å². The highest BCUT2D eigenvalue weighted by Gasteiger charge is 2.39. The van der Waals surface area contributed by atoms with Crippen LogP contribution in [0.3, 0.4) is 0 Å². The van der Waals surface area contributed by atoms with Crippen molar-refractivity contribution >= 4 is 5.97 Å². The van der Waals surface area contributed by atoms with Gasteiger partial charge in [0.05, 0.1) is 0 Å². The van der Waals surface area contributed by atoms with Crippen LogP contribution in [0, 0.1) is 17.3 Å². The molecule has 19 heavy (non-hydrogen) atoms. The van der Waals surface area contributed by atoms with Gasteiger partial charge in [-0.2, -0.15) is 0 Å². The molecule has 0 aromatic carbocycles. The normalized spacial score (nSPS) is 31.1. The Labute approximate surface area is 116 Å². The summed E-state index contributed by atoms with van der Waals surface area (Å²) in [4.78, 5) is 11.2. The van der Waals surface area contributed by atoms with Gasteiger partial charge in [-0.15, -0.1) is 0 Å². The first-order valence-electron chi connectivity index (χ1n) is 7.44. The van der Waals surface area contributed by atoms with Gasteiger partial charge in [-0.05, 0) is 54.6 Å². The first-order valence-corrected chi connectivity index (χ1v) is 7.44. The van der Waals surface area contributed by atoms with E-state index in [-0.39, 0.29) is 5.97 Å². The number of rotatable bonds is 2. The second-order valence-electron chi connectivity index (χ2n) is 6.73. The molecule has 2 heteroatoms. The highest BCUT2D eigenvalue weighted by atomic mass is 16.5. The summed E-state index contributed by atoms with van der Waals surface area (Å²) in [5.74, 6) is 2.04. The van der Waals surface area contributed by atoms with Crippen LogP contribution in [0.2, 0.25) is 0 Å². The first-order chi connectivity index (χ1) is 8.83. The van der Waals surface area contributed by atoms with Crippen LogP contribution in [0.4, 0.5) is 0 Å². The van der Waals surface area contributed by atoms with E-state index < -0.39 is 0 Å². The summed E-state index contributed by atoms with van der Waals surface area (Å²) < 4.78 is 5.39. The van der Waals surface area contributed by atoms with Gasteiger partial charge >= 0.3 is 5.97 Å². The van der Waals surface area contributed by atoms with E-state index in [2.05, 4.69) is 33.8 Å². The molecular weight excluding hydrogens is 236 g/mol. The summed E-state index contributed by atoms with van der Waals surface area (Å²) >= 11 is 0. The van der Waals surface area contributed by atoms with Gasteiger partial charge in [0.15, 0.2) is 0 Å². The van der Waals surface area contributed by atoms with E-state index >= 15 is 0 Å². The maximum atomic E-state index is 11.2. The monoisotopic (exact) mass is 262 g/mol. The molecule has 0 heterocycles. The minimum atomic E-state index is -0.199. The minimum Gasteiger partial charge on any atom is -0.431 e. The SMILES string of the molecule is CC(=O)OC1=C(C)C2=C[C@H](C(C)C)CC[C@@]2(C)CC1. The molecule has 2 aliphatic carbocycles. The molecule has 0 aliphatic heterocycles. The molecule has 2 rings (SSSR count). The van der Waals surface area contributed by atoms with E-state index in [0.29, 0.717) is 17.3 Å². The highest BCUT2D eigenvalue weighted by molar-refractivity contribution is 5.67. The lowest BCUT2D eigenvalue weighted by Gasteiger charge is -2.43. The van der Waals surface area contributed by atoms with E-state index in [9.17, 15) is 4.79 Å². The average Bonchev–Trinajstić information content (AvgIpc) is 2.32. The third-order valence-electron chi connectivity index (χ3n) is 4.91. The Bertz CT molecular complexity index is 442. The second-order valence-corrected chi connectivity index (χ2v) is 6.73. The van der Waals surface area contributed by atoms with Gasteiger partial charge in [-0.1, -0.05) is 26.8 Å². The number of hydrogen-bond acceptors (Lipinski definition) is 2. The number of allylic oxidation sites excluding steroid dienone is 4. The van der Waals surface area contributed by atoms with Gasteiger partial charge in [0, 0.05) is 13.3 Å². The van der Waals surface area contributed by atoms with Crippen LogP contribution in [-0.2, 0) is 9.53 Å². The number of esters is 1. The predicted molar refractivity (Wildman–Crippen MR) is 77.5 cm³/mol. The zero-order chi connectivity index (χ0) is 14.2. The Morgan fingerprint density at radius 1 is 1.42 bits per heavy atom. The third kappa shape index (κ3) is 2.77. The van der Waals surface area contributed by atoms with Crippen molar-refractivity contribution in [3.05, 3.63) is 23.0 Å². The fourth-order valence-corrected chi connectivity index (χ4v) is 3.51. The number of carbonyl (C=O) groups excluding carboxylic acids is 1. The fourth-order valence-electron chi connectivity index (χ4n) is 3.51. The molecule has 0 amide bonds. The number of hydrogen-bond donors (Lipinski definition) is 0. The maximum Gasteiger partial charge on any atom is 0.307 e. The molecule has 0 saturated carbocycles. The predicted octanol–water partition coefficient (Wildman–Crippen LogP) is 4.62. The molecule has 0 fully saturated rings. The molecule has 2 atom stereocenters. The van der Waals surface area contributed by atoms with Crippen LogP contribution in [0.15, 0.2) is 23.0 Å². The molecule has 0 aromatic rings.